The Bertz CT molecular complexity index is 1050. The Hall–Kier alpha value is -3.55. The molecule has 0 radical (unpaired) electrons. The van der Waals surface area contributed by atoms with Crippen LogP contribution in [0.15, 0.2) is 36.4 Å². The first kappa shape index (κ1) is 17.5. The first-order chi connectivity index (χ1) is 14.0. The lowest BCUT2D eigenvalue weighted by atomic mass is 10.0. The maximum Gasteiger partial charge on any atom is 0.256 e. The van der Waals surface area contributed by atoms with Gasteiger partial charge in [0.15, 0.2) is 11.5 Å². The van der Waals surface area contributed by atoms with E-state index in [2.05, 4.69) is 5.32 Å². The quantitative estimate of drug-likeness (QED) is 0.797. The third-order valence-corrected chi connectivity index (χ3v) is 5.60. The van der Waals surface area contributed by atoms with E-state index < -0.39 is 6.04 Å². The largest absolute Gasteiger partial charge is 0.454 e. The molecule has 3 aliphatic rings. The predicted molar refractivity (Wildman–Crippen MR) is 104 cm³/mol. The van der Waals surface area contributed by atoms with Gasteiger partial charge in [0.2, 0.25) is 18.6 Å². The summed E-state index contributed by atoms with van der Waals surface area (Å²) < 4.78 is 10.8. The normalized spacial score (nSPS) is 20.0. The van der Waals surface area contributed by atoms with E-state index in [0.717, 1.165) is 11.1 Å². The number of nitrogens with zero attached hydrogens (tertiary/aromatic N) is 2. The number of hydrogen-bond donors (Lipinski definition) is 1. The fraction of sp³-hybridized carbons (Fsp3) is 0.286. The van der Waals surface area contributed by atoms with Gasteiger partial charge in [-0.05, 0) is 35.4 Å². The van der Waals surface area contributed by atoms with E-state index in [9.17, 15) is 14.4 Å². The summed E-state index contributed by atoms with van der Waals surface area (Å²) in [7, 11) is 0. The zero-order valence-corrected chi connectivity index (χ0v) is 15.8. The average Bonchev–Trinajstić information content (AvgIpc) is 3.17. The number of amides is 3. The second-order valence-electron chi connectivity index (χ2n) is 7.30. The monoisotopic (exact) mass is 393 g/mol. The number of carbonyl (C=O) groups excluding carboxylic acids is 3. The SMILES string of the molecule is CC(=O)N1CCN2C(=O)c3cc(-c4ccc5c(c4)OCO5)ccc3NC(=O)[C@H]2C1. The summed E-state index contributed by atoms with van der Waals surface area (Å²) in [6.45, 7) is 2.61. The van der Waals surface area contributed by atoms with E-state index in [1.807, 2.05) is 24.3 Å². The molecule has 0 aliphatic carbocycles. The molecule has 0 spiro atoms. The highest BCUT2D eigenvalue weighted by Crippen LogP contribution is 2.37. The van der Waals surface area contributed by atoms with Crippen LogP contribution in [0.25, 0.3) is 11.1 Å². The molecule has 0 unspecified atom stereocenters. The molecule has 8 heteroatoms. The van der Waals surface area contributed by atoms with Crippen LogP contribution < -0.4 is 14.8 Å². The van der Waals surface area contributed by atoms with Crippen LogP contribution in [0.2, 0.25) is 0 Å². The topological polar surface area (TPSA) is 88.2 Å². The average molecular weight is 393 g/mol. The van der Waals surface area contributed by atoms with Crippen LogP contribution in [-0.4, -0.2) is 60.0 Å². The fourth-order valence-corrected chi connectivity index (χ4v) is 3.99. The zero-order valence-electron chi connectivity index (χ0n) is 15.8. The van der Waals surface area contributed by atoms with Crippen molar-refractivity contribution in [2.75, 3.05) is 31.7 Å². The molecule has 0 aromatic heterocycles. The number of anilines is 1. The van der Waals surface area contributed by atoms with E-state index in [1.165, 1.54) is 6.92 Å². The molecule has 3 amide bonds. The Balaban J connectivity index is 1.51. The smallest absolute Gasteiger partial charge is 0.256 e. The molecule has 3 heterocycles. The number of carbonyl (C=O) groups is 3. The number of hydrogen-bond acceptors (Lipinski definition) is 5. The van der Waals surface area contributed by atoms with Gasteiger partial charge in [-0.2, -0.15) is 0 Å². The second kappa shape index (κ2) is 6.51. The standard InChI is InChI=1S/C21H19N3O5/c1-12(25)23-6-7-24-17(10-23)20(26)22-16-4-2-13(8-15(16)21(24)27)14-3-5-18-19(9-14)29-11-28-18/h2-5,8-9,17H,6-7,10-11H2,1H3,(H,22,26)/t17-/m1/s1. The van der Waals surface area contributed by atoms with Gasteiger partial charge in [-0.15, -0.1) is 0 Å². The molecular formula is C21H19N3O5. The molecule has 8 nitrogen and oxygen atoms in total. The van der Waals surface area contributed by atoms with Crippen molar-refractivity contribution in [2.24, 2.45) is 0 Å². The molecule has 5 rings (SSSR count). The van der Waals surface area contributed by atoms with Crippen LogP contribution in [0, 0.1) is 0 Å². The summed E-state index contributed by atoms with van der Waals surface area (Å²) in [5.41, 5.74) is 2.64. The molecule has 1 atom stereocenters. The Morgan fingerprint density at radius 3 is 2.62 bits per heavy atom. The van der Waals surface area contributed by atoms with Gasteiger partial charge in [0.1, 0.15) is 6.04 Å². The third-order valence-electron chi connectivity index (χ3n) is 5.60. The van der Waals surface area contributed by atoms with Gasteiger partial charge in [0, 0.05) is 20.0 Å². The highest BCUT2D eigenvalue weighted by molar-refractivity contribution is 6.10. The fourth-order valence-electron chi connectivity index (χ4n) is 3.99. The van der Waals surface area contributed by atoms with Gasteiger partial charge in [-0.1, -0.05) is 12.1 Å². The van der Waals surface area contributed by atoms with Crippen LogP contribution in [0.3, 0.4) is 0 Å². The molecule has 3 aliphatic heterocycles. The third kappa shape index (κ3) is 2.88. The minimum Gasteiger partial charge on any atom is -0.454 e. The van der Waals surface area contributed by atoms with Crippen LogP contribution in [-0.2, 0) is 9.59 Å². The highest BCUT2D eigenvalue weighted by atomic mass is 16.7. The zero-order chi connectivity index (χ0) is 20.1. The summed E-state index contributed by atoms with van der Waals surface area (Å²) in [5, 5.41) is 2.85. The number of benzene rings is 2. The van der Waals surface area contributed by atoms with E-state index in [0.29, 0.717) is 35.8 Å². The van der Waals surface area contributed by atoms with Crippen molar-refractivity contribution < 1.29 is 23.9 Å². The van der Waals surface area contributed by atoms with Gasteiger partial charge in [-0.3, -0.25) is 14.4 Å². The number of ether oxygens (including phenoxy) is 2. The molecule has 148 valence electrons. The van der Waals surface area contributed by atoms with E-state index in [-0.39, 0.29) is 31.1 Å². The van der Waals surface area contributed by atoms with Crippen molar-refractivity contribution in [1.29, 1.82) is 0 Å². The maximum atomic E-state index is 13.2. The van der Waals surface area contributed by atoms with Gasteiger partial charge in [0.05, 0.1) is 17.8 Å². The van der Waals surface area contributed by atoms with E-state index >= 15 is 0 Å². The lowest BCUT2D eigenvalue weighted by molar-refractivity contribution is -0.133. The molecule has 2 aromatic carbocycles. The van der Waals surface area contributed by atoms with Crippen LogP contribution in [0.4, 0.5) is 5.69 Å². The summed E-state index contributed by atoms with van der Waals surface area (Å²) in [6.07, 6.45) is 0. The van der Waals surface area contributed by atoms with Crippen LogP contribution in [0.5, 0.6) is 11.5 Å². The molecule has 2 aromatic rings. The molecule has 29 heavy (non-hydrogen) atoms. The van der Waals surface area contributed by atoms with Crippen molar-refractivity contribution in [3.63, 3.8) is 0 Å². The van der Waals surface area contributed by atoms with Gasteiger partial charge in [-0.25, -0.2) is 0 Å². The predicted octanol–water partition coefficient (Wildman–Crippen LogP) is 1.71. The van der Waals surface area contributed by atoms with Crippen molar-refractivity contribution in [3.05, 3.63) is 42.0 Å². The summed E-state index contributed by atoms with van der Waals surface area (Å²) in [6, 6.07) is 10.3. The minimum atomic E-state index is -0.693. The highest BCUT2D eigenvalue weighted by Gasteiger charge is 2.39. The van der Waals surface area contributed by atoms with E-state index in [1.54, 1.807) is 21.9 Å². The number of piperazine rings is 1. The summed E-state index contributed by atoms with van der Waals surface area (Å²) >= 11 is 0. The van der Waals surface area contributed by atoms with Crippen molar-refractivity contribution in [2.45, 2.75) is 13.0 Å². The Kier molecular flexibility index (Phi) is 3.94. The first-order valence-corrected chi connectivity index (χ1v) is 9.43. The van der Waals surface area contributed by atoms with Gasteiger partial charge in [0.25, 0.3) is 5.91 Å². The summed E-state index contributed by atoms with van der Waals surface area (Å²) in [5.74, 6) is 0.764. The van der Waals surface area contributed by atoms with Crippen molar-refractivity contribution >= 4 is 23.4 Å². The molecule has 1 fully saturated rings. The molecule has 1 saturated heterocycles. The van der Waals surface area contributed by atoms with Gasteiger partial charge < -0.3 is 24.6 Å². The van der Waals surface area contributed by atoms with Crippen LogP contribution >= 0.6 is 0 Å². The molecule has 0 saturated carbocycles. The van der Waals surface area contributed by atoms with Crippen molar-refractivity contribution in [3.8, 4) is 22.6 Å². The lowest BCUT2D eigenvalue weighted by Crippen LogP contribution is -2.59. The van der Waals surface area contributed by atoms with Crippen LogP contribution in [0.1, 0.15) is 17.3 Å². The number of rotatable bonds is 1. The lowest BCUT2D eigenvalue weighted by Gasteiger charge is -2.38. The molecule has 0 bridgehead atoms. The number of fused-ring (bicyclic) bond motifs is 3. The van der Waals surface area contributed by atoms with Gasteiger partial charge >= 0.3 is 0 Å². The maximum absolute atomic E-state index is 13.2. The Morgan fingerprint density at radius 1 is 1.03 bits per heavy atom. The first-order valence-electron chi connectivity index (χ1n) is 9.43. The minimum absolute atomic E-state index is 0.100. The Morgan fingerprint density at radius 2 is 1.79 bits per heavy atom. The number of nitrogens with one attached hydrogen (secondary N) is 1. The summed E-state index contributed by atoms with van der Waals surface area (Å²) in [4.78, 5) is 40.9. The Labute approximate surface area is 167 Å². The molecular weight excluding hydrogens is 374 g/mol. The second-order valence-corrected chi connectivity index (χ2v) is 7.30. The molecule has 1 N–H and O–H groups in total. The van der Waals surface area contributed by atoms with E-state index in [4.69, 9.17) is 9.47 Å². The van der Waals surface area contributed by atoms with Crippen molar-refractivity contribution in [1.82, 2.24) is 9.80 Å².